The lowest BCUT2D eigenvalue weighted by Crippen LogP contribution is -2.53. The molecule has 1 saturated heterocycles. The number of nitrogens with zero attached hydrogens (tertiary/aromatic N) is 2. The molecule has 0 aromatic carbocycles. The normalized spacial score (nSPS) is 21.9. The summed E-state index contributed by atoms with van der Waals surface area (Å²) in [7, 11) is -3.10. The number of nitrogens with one attached hydrogen (secondary N) is 2. The van der Waals surface area contributed by atoms with E-state index in [0.29, 0.717) is 17.8 Å². The van der Waals surface area contributed by atoms with Crippen molar-refractivity contribution >= 4 is 27.7 Å². The second-order valence-corrected chi connectivity index (χ2v) is 10.2. The lowest BCUT2D eigenvalue weighted by molar-refractivity contribution is 0.293. The summed E-state index contributed by atoms with van der Waals surface area (Å²) in [6, 6.07) is 0. The van der Waals surface area contributed by atoms with Gasteiger partial charge in [-0.1, -0.05) is 19.3 Å². The molecule has 8 heteroatoms. The summed E-state index contributed by atoms with van der Waals surface area (Å²) in [6.07, 6.45) is 8.64. The molecular weight excluding hydrogens is 344 g/mol. The first-order valence-corrected chi connectivity index (χ1v) is 11.9. The van der Waals surface area contributed by atoms with Crippen LogP contribution in [0.15, 0.2) is 4.99 Å². The summed E-state index contributed by atoms with van der Waals surface area (Å²) in [4.78, 5) is 7.13. The van der Waals surface area contributed by atoms with Crippen LogP contribution in [0.25, 0.3) is 0 Å². The predicted molar refractivity (Wildman–Crippen MR) is 103 cm³/mol. The van der Waals surface area contributed by atoms with Crippen LogP contribution in [0, 0.1) is 0 Å². The zero-order valence-corrected chi connectivity index (χ0v) is 16.6. The molecule has 6 nitrogen and oxygen atoms in total. The lowest BCUT2D eigenvalue weighted by atomic mass is 9.87. The Kier molecular flexibility index (Phi) is 7.68. The number of sulfonamides is 1. The molecule has 0 unspecified atom stereocenters. The molecule has 0 bridgehead atoms. The summed E-state index contributed by atoms with van der Waals surface area (Å²) in [5.41, 5.74) is 0. The monoisotopic (exact) mass is 376 g/mol. The first-order valence-electron chi connectivity index (χ1n) is 9.06. The maximum absolute atomic E-state index is 11.1. The average Bonchev–Trinajstić information content (AvgIpc) is 2.53. The second-order valence-electron chi connectivity index (χ2n) is 6.77. The van der Waals surface area contributed by atoms with E-state index in [-0.39, 0.29) is 0 Å². The third kappa shape index (κ3) is 6.44. The van der Waals surface area contributed by atoms with Crippen LogP contribution in [0.1, 0.15) is 45.4 Å². The fourth-order valence-electron chi connectivity index (χ4n) is 3.47. The Morgan fingerprint density at radius 1 is 1.29 bits per heavy atom. The molecule has 1 aliphatic carbocycles. The minimum Gasteiger partial charge on any atom is -0.357 e. The molecule has 2 rings (SSSR count). The van der Waals surface area contributed by atoms with E-state index in [1.54, 1.807) is 0 Å². The summed E-state index contributed by atoms with van der Waals surface area (Å²) in [6.45, 7) is 6.17. The number of hydrogen-bond acceptors (Lipinski definition) is 4. The number of hydrogen-bond donors (Lipinski definition) is 2. The highest BCUT2D eigenvalue weighted by atomic mass is 32.2. The van der Waals surface area contributed by atoms with Gasteiger partial charge in [0.1, 0.15) is 0 Å². The Labute approximate surface area is 151 Å². The van der Waals surface area contributed by atoms with Crippen LogP contribution in [-0.2, 0) is 10.0 Å². The van der Waals surface area contributed by atoms with E-state index in [1.165, 1.54) is 44.1 Å². The highest BCUT2D eigenvalue weighted by Crippen LogP contribution is 2.42. The van der Waals surface area contributed by atoms with Gasteiger partial charge < -0.3 is 10.2 Å². The molecule has 0 atom stereocenters. The Morgan fingerprint density at radius 2 is 2.04 bits per heavy atom. The molecule has 140 valence electrons. The van der Waals surface area contributed by atoms with Crippen LogP contribution in [0.2, 0.25) is 0 Å². The van der Waals surface area contributed by atoms with Gasteiger partial charge in [0.05, 0.1) is 6.26 Å². The van der Waals surface area contributed by atoms with E-state index in [0.717, 1.165) is 32.0 Å². The zero-order chi connectivity index (χ0) is 17.5. The molecule has 24 heavy (non-hydrogen) atoms. The van der Waals surface area contributed by atoms with Crippen molar-refractivity contribution in [3.8, 4) is 0 Å². The quantitative estimate of drug-likeness (QED) is 0.419. The molecule has 2 aliphatic rings. The largest absolute Gasteiger partial charge is 0.357 e. The number of rotatable bonds is 6. The zero-order valence-electron chi connectivity index (χ0n) is 15.0. The molecule has 1 spiro atoms. The van der Waals surface area contributed by atoms with Crippen molar-refractivity contribution in [2.24, 2.45) is 4.99 Å². The van der Waals surface area contributed by atoms with E-state index >= 15 is 0 Å². The summed E-state index contributed by atoms with van der Waals surface area (Å²) in [5, 5.41) is 3.41. The smallest absolute Gasteiger partial charge is 0.208 e. The fourth-order valence-corrected chi connectivity index (χ4v) is 5.56. The van der Waals surface area contributed by atoms with Crippen molar-refractivity contribution in [1.82, 2.24) is 14.9 Å². The number of aliphatic imine (C=N–C) groups is 1. The van der Waals surface area contributed by atoms with Crippen molar-refractivity contribution in [3.05, 3.63) is 0 Å². The van der Waals surface area contributed by atoms with Crippen LogP contribution in [0.4, 0.5) is 0 Å². The van der Waals surface area contributed by atoms with Crippen molar-refractivity contribution in [2.75, 3.05) is 44.7 Å². The van der Waals surface area contributed by atoms with E-state index in [1.807, 2.05) is 0 Å². The third-order valence-corrected chi connectivity index (χ3v) is 6.87. The molecule has 1 saturated carbocycles. The fraction of sp³-hybridized carbons (Fsp3) is 0.938. The van der Waals surface area contributed by atoms with Crippen LogP contribution in [-0.4, -0.2) is 68.8 Å². The van der Waals surface area contributed by atoms with Crippen molar-refractivity contribution in [2.45, 2.75) is 50.2 Å². The van der Waals surface area contributed by atoms with E-state index in [9.17, 15) is 8.42 Å². The third-order valence-electron chi connectivity index (χ3n) is 4.61. The maximum Gasteiger partial charge on any atom is 0.208 e. The lowest BCUT2D eigenvalue weighted by Gasteiger charge is -2.45. The first-order chi connectivity index (χ1) is 11.4. The van der Waals surface area contributed by atoms with Gasteiger partial charge in [-0.25, -0.2) is 13.1 Å². The molecule has 0 aromatic heterocycles. The van der Waals surface area contributed by atoms with E-state index in [2.05, 4.69) is 33.6 Å². The van der Waals surface area contributed by atoms with Crippen LogP contribution in [0.3, 0.4) is 0 Å². The van der Waals surface area contributed by atoms with Gasteiger partial charge in [-0.2, -0.15) is 11.8 Å². The highest BCUT2D eigenvalue weighted by Gasteiger charge is 2.38. The SMILES string of the molecule is CCNC(=NCCCNS(C)(=O)=O)N1CCSC2(CCCCC2)C1. The predicted octanol–water partition coefficient (Wildman–Crippen LogP) is 1.64. The Morgan fingerprint density at radius 3 is 2.71 bits per heavy atom. The maximum atomic E-state index is 11.1. The Hall–Kier alpha value is -0.470. The van der Waals surface area contributed by atoms with E-state index in [4.69, 9.17) is 4.99 Å². The molecule has 1 heterocycles. The van der Waals surface area contributed by atoms with Gasteiger partial charge in [0.25, 0.3) is 0 Å². The van der Waals surface area contributed by atoms with E-state index < -0.39 is 10.0 Å². The topological polar surface area (TPSA) is 73.8 Å². The van der Waals surface area contributed by atoms with Gasteiger partial charge >= 0.3 is 0 Å². The molecular formula is C16H32N4O2S2. The summed E-state index contributed by atoms with van der Waals surface area (Å²) in [5.74, 6) is 2.15. The van der Waals surface area contributed by atoms with Crippen LogP contribution >= 0.6 is 11.8 Å². The molecule has 0 aromatic rings. The Balaban J connectivity index is 1.89. The second kappa shape index (κ2) is 9.29. The molecule has 2 fully saturated rings. The van der Waals surface area contributed by atoms with Gasteiger partial charge in [-0.05, 0) is 26.2 Å². The number of thioether (sulfide) groups is 1. The van der Waals surface area contributed by atoms with Gasteiger partial charge in [0.15, 0.2) is 5.96 Å². The molecule has 0 radical (unpaired) electrons. The van der Waals surface area contributed by atoms with Crippen molar-refractivity contribution in [1.29, 1.82) is 0 Å². The summed E-state index contributed by atoms with van der Waals surface area (Å²) < 4.78 is 25.1. The molecule has 2 N–H and O–H groups in total. The van der Waals surface area contributed by atoms with Gasteiger partial charge in [0, 0.05) is 43.2 Å². The Bertz CT molecular complexity index is 511. The van der Waals surface area contributed by atoms with Crippen LogP contribution in [0.5, 0.6) is 0 Å². The molecule has 0 amide bonds. The minimum absolute atomic E-state index is 0.421. The minimum atomic E-state index is -3.10. The molecule has 1 aliphatic heterocycles. The summed E-state index contributed by atoms with van der Waals surface area (Å²) >= 11 is 2.16. The first kappa shape index (κ1) is 19.8. The highest BCUT2D eigenvalue weighted by molar-refractivity contribution is 8.00. The van der Waals surface area contributed by atoms with Gasteiger partial charge in [-0.3, -0.25) is 4.99 Å². The standard InChI is InChI=1S/C16H32N4O2S2/c1-3-17-15(18-10-7-11-19-24(2,21)22)20-12-13-23-16(14-20)8-5-4-6-9-16/h19H,3-14H2,1-2H3,(H,17,18). The van der Waals surface area contributed by atoms with Crippen molar-refractivity contribution < 1.29 is 8.42 Å². The average molecular weight is 377 g/mol. The van der Waals surface area contributed by atoms with Gasteiger partial charge in [-0.15, -0.1) is 0 Å². The van der Waals surface area contributed by atoms with Crippen LogP contribution < -0.4 is 10.0 Å². The van der Waals surface area contributed by atoms with Crippen molar-refractivity contribution in [3.63, 3.8) is 0 Å². The number of guanidine groups is 1. The van der Waals surface area contributed by atoms with Gasteiger partial charge in [0.2, 0.25) is 10.0 Å².